The van der Waals surface area contributed by atoms with Gasteiger partial charge in [-0.2, -0.15) is 5.10 Å². The van der Waals surface area contributed by atoms with Crippen molar-refractivity contribution < 1.29 is 0 Å². The lowest BCUT2D eigenvalue weighted by molar-refractivity contribution is 0.134. The lowest BCUT2D eigenvalue weighted by atomic mass is 9.73. The van der Waals surface area contributed by atoms with Crippen LogP contribution in [-0.4, -0.2) is 41.4 Å². The SMILES string of the molecule is CNC1CCC(C(C)C)CC1CN(C)Cc1cnn(C)c1. The topological polar surface area (TPSA) is 33.1 Å². The lowest BCUT2D eigenvalue weighted by Gasteiger charge is -2.39. The highest BCUT2D eigenvalue weighted by Crippen LogP contribution is 2.34. The molecule has 1 aromatic rings. The van der Waals surface area contributed by atoms with Gasteiger partial charge in [0.05, 0.1) is 6.20 Å². The summed E-state index contributed by atoms with van der Waals surface area (Å²) in [6, 6.07) is 0.677. The van der Waals surface area contributed by atoms with E-state index in [1.54, 1.807) is 0 Å². The average Bonchev–Trinajstić information content (AvgIpc) is 2.83. The molecule has 1 heterocycles. The van der Waals surface area contributed by atoms with Gasteiger partial charge in [-0.3, -0.25) is 4.68 Å². The molecule has 0 aliphatic heterocycles. The first-order chi connectivity index (χ1) is 9.99. The van der Waals surface area contributed by atoms with Gasteiger partial charge in [0.1, 0.15) is 0 Å². The Morgan fingerprint density at radius 3 is 2.76 bits per heavy atom. The zero-order chi connectivity index (χ0) is 15.4. The Kier molecular flexibility index (Phi) is 5.82. The van der Waals surface area contributed by atoms with Crippen LogP contribution in [0.2, 0.25) is 0 Å². The van der Waals surface area contributed by atoms with Gasteiger partial charge in [0.25, 0.3) is 0 Å². The third-order valence-corrected chi connectivity index (χ3v) is 5.09. The summed E-state index contributed by atoms with van der Waals surface area (Å²) in [4.78, 5) is 2.45. The summed E-state index contributed by atoms with van der Waals surface area (Å²) in [5.74, 6) is 2.47. The minimum absolute atomic E-state index is 0.677. The van der Waals surface area contributed by atoms with Crippen molar-refractivity contribution in [1.29, 1.82) is 0 Å². The molecular formula is C17H32N4. The standard InChI is InChI=1S/C17H32N4/c1-13(2)15-6-7-17(18-3)16(8-15)12-20(4)10-14-9-19-21(5)11-14/h9,11,13,15-18H,6-8,10,12H2,1-5H3. The maximum atomic E-state index is 4.26. The first-order valence-electron chi connectivity index (χ1n) is 8.33. The van der Waals surface area contributed by atoms with Crippen LogP contribution in [0.1, 0.15) is 38.7 Å². The molecule has 3 atom stereocenters. The number of hydrogen-bond acceptors (Lipinski definition) is 3. The van der Waals surface area contributed by atoms with Crippen LogP contribution < -0.4 is 5.32 Å². The number of aryl methyl sites for hydroxylation is 1. The summed E-state index contributed by atoms with van der Waals surface area (Å²) in [6.45, 7) is 6.91. The number of nitrogens with zero attached hydrogens (tertiary/aromatic N) is 3. The molecule has 0 saturated heterocycles. The average molecular weight is 292 g/mol. The molecule has 0 radical (unpaired) electrons. The Labute approximate surface area is 129 Å². The molecule has 4 heteroatoms. The Hall–Kier alpha value is -0.870. The third-order valence-electron chi connectivity index (χ3n) is 5.09. The molecule has 4 nitrogen and oxygen atoms in total. The number of rotatable bonds is 6. The van der Waals surface area contributed by atoms with Crippen molar-refractivity contribution in [2.24, 2.45) is 24.8 Å². The van der Waals surface area contributed by atoms with Crippen molar-refractivity contribution >= 4 is 0 Å². The van der Waals surface area contributed by atoms with Crippen LogP contribution in [-0.2, 0) is 13.6 Å². The van der Waals surface area contributed by atoms with E-state index in [1.807, 2.05) is 17.9 Å². The zero-order valence-corrected chi connectivity index (χ0v) is 14.3. The van der Waals surface area contributed by atoms with E-state index in [4.69, 9.17) is 0 Å². The van der Waals surface area contributed by atoms with E-state index in [-0.39, 0.29) is 0 Å². The number of aromatic nitrogens is 2. The first kappa shape index (κ1) is 16.5. The van der Waals surface area contributed by atoms with Crippen LogP contribution in [0.15, 0.2) is 12.4 Å². The Bertz CT molecular complexity index is 426. The van der Waals surface area contributed by atoms with Gasteiger partial charge < -0.3 is 10.2 Å². The highest BCUT2D eigenvalue weighted by Gasteiger charge is 2.31. The summed E-state index contributed by atoms with van der Waals surface area (Å²) in [5, 5.41) is 7.80. The van der Waals surface area contributed by atoms with Crippen molar-refractivity contribution in [2.75, 3.05) is 20.6 Å². The van der Waals surface area contributed by atoms with Gasteiger partial charge in [0.2, 0.25) is 0 Å². The van der Waals surface area contributed by atoms with E-state index >= 15 is 0 Å². The monoisotopic (exact) mass is 292 g/mol. The van der Waals surface area contributed by atoms with Crippen molar-refractivity contribution in [2.45, 2.75) is 45.7 Å². The highest BCUT2D eigenvalue weighted by molar-refractivity contribution is 5.03. The number of nitrogens with one attached hydrogen (secondary N) is 1. The second-order valence-corrected chi connectivity index (χ2v) is 7.19. The van der Waals surface area contributed by atoms with Crippen LogP contribution in [0, 0.1) is 17.8 Å². The molecule has 0 amide bonds. The van der Waals surface area contributed by atoms with E-state index < -0.39 is 0 Å². The van der Waals surface area contributed by atoms with Crippen molar-refractivity contribution in [3.8, 4) is 0 Å². The van der Waals surface area contributed by atoms with E-state index in [2.05, 4.69) is 49.5 Å². The summed E-state index contributed by atoms with van der Waals surface area (Å²) < 4.78 is 1.88. The molecule has 1 aliphatic carbocycles. The maximum absolute atomic E-state index is 4.26. The van der Waals surface area contributed by atoms with Gasteiger partial charge in [-0.15, -0.1) is 0 Å². The lowest BCUT2D eigenvalue weighted by Crippen LogP contribution is -2.44. The first-order valence-corrected chi connectivity index (χ1v) is 8.33. The smallest absolute Gasteiger partial charge is 0.0534 e. The summed E-state index contributed by atoms with van der Waals surface area (Å²) in [6.07, 6.45) is 8.16. The van der Waals surface area contributed by atoms with Crippen LogP contribution in [0.5, 0.6) is 0 Å². The Morgan fingerprint density at radius 2 is 2.19 bits per heavy atom. The fourth-order valence-electron chi connectivity index (χ4n) is 3.82. The van der Waals surface area contributed by atoms with Gasteiger partial charge in [0, 0.05) is 37.9 Å². The predicted octanol–water partition coefficient (Wildman–Crippen LogP) is 2.51. The fourth-order valence-corrected chi connectivity index (χ4v) is 3.82. The molecule has 0 spiro atoms. The normalized spacial score (nSPS) is 26.7. The Balaban J connectivity index is 1.91. The zero-order valence-electron chi connectivity index (χ0n) is 14.3. The molecule has 120 valence electrons. The molecule has 0 aromatic carbocycles. The third kappa shape index (κ3) is 4.55. The second kappa shape index (κ2) is 7.41. The number of hydrogen-bond donors (Lipinski definition) is 1. The van der Waals surface area contributed by atoms with E-state index in [1.165, 1.54) is 31.4 Å². The van der Waals surface area contributed by atoms with E-state index in [9.17, 15) is 0 Å². The molecule has 1 fully saturated rings. The van der Waals surface area contributed by atoms with E-state index in [0.29, 0.717) is 6.04 Å². The highest BCUT2D eigenvalue weighted by atomic mass is 15.2. The minimum Gasteiger partial charge on any atom is -0.317 e. The van der Waals surface area contributed by atoms with Gasteiger partial charge in [-0.05, 0) is 51.1 Å². The quantitative estimate of drug-likeness (QED) is 0.874. The van der Waals surface area contributed by atoms with Crippen molar-refractivity contribution in [3.63, 3.8) is 0 Å². The summed E-state index contributed by atoms with van der Waals surface area (Å²) >= 11 is 0. The van der Waals surface area contributed by atoms with Crippen molar-refractivity contribution in [3.05, 3.63) is 18.0 Å². The predicted molar refractivity (Wildman–Crippen MR) is 88.1 cm³/mol. The molecule has 1 saturated carbocycles. The van der Waals surface area contributed by atoms with Crippen LogP contribution in [0.25, 0.3) is 0 Å². The van der Waals surface area contributed by atoms with Crippen LogP contribution >= 0.6 is 0 Å². The van der Waals surface area contributed by atoms with Gasteiger partial charge in [-0.1, -0.05) is 13.8 Å². The van der Waals surface area contributed by atoms with E-state index in [0.717, 1.165) is 24.3 Å². The largest absolute Gasteiger partial charge is 0.317 e. The van der Waals surface area contributed by atoms with Crippen molar-refractivity contribution in [1.82, 2.24) is 20.0 Å². The summed E-state index contributed by atoms with van der Waals surface area (Å²) in [5.41, 5.74) is 1.30. The molecular weight excluding hydrogens is 260 g/mol. The maximum Gasteiger partial charge on any atom is 0.0534 e. The van der Waals surface area contributed by atoms with Gasteiger partial charge in [-0.25, -0.2) is 0 Å². The molecule has 3 unspecified atom stereocenters. The minimum atomic E-state index is 0.677. The molecule has 21 heavy (non-hydrogen) atoms. The molecule has 2 rings (SSSR count). The second-order valence-electron chi connectivity index (χ2n) is 7.19. The van der Waals surface area contributed by atoms with Crippen LogP contribution in [0.3, 0.4) is 0 Å². The van der Waals surface area contributed by atoms with Crippen LogP contribution in [0.4, 0.5) is 0 Å². The molecule has 1 N–H and O–H groups in total. The molecule has 1 aromatic heterocycles. The Morgan fingerprint density at radius 1 is 1.43 bits per heavy atom. The van der Waals surface area contributed by atoms with Gasteiger partial charge in [0.15, 0.2) is 0 Å². The summed E-state index contributed by atoms with van der Waals surface area (Å²) in [7, 11) is 6.34. The fraction of sp³-hybridized carbons (Fsp3) is 0.824. The van der Waals surface area contributed by atoms with Gasteiger partial charge >= 0.3 is 0 Å². The molecule has 0 bridgehead atoms. The molecule has 1 aliphatic rings.